The summed E-state index contributed by atoms with van der Waals surface area (Å²) in [6, 6.07) is 68.5. The summed E-state index contributed by atoms with van der Waals surface area (Å²) in [7, 11) is -1.45. The highest BCUT2D eigenvalue weighted by molar-refractivity contribution is 6.59. The SMILES string of the molecule is OB(O)c1ccc2oc3ccccc3c2c1.c1ccc(-c2cccc(-c3ccc(-c4cc(-c5ccc6oc7ccccc7c6c5)cc5c4oc4ccccc45)cc3)c2)cc1. The number of furan rings is 3. The lowest BCUT2D eigenvalue weighted by molar-refractivity contribution is 0.426. The third kappa shape index (κ3) is 6.32. The summed E-state index contributed by atoms with van der Waals surface area (Å²) in [5.41, 5.74) is 14.9. The number of fused-ring (bicyclic) bond motifs is 9. The lowest BCUT2D eigenvalue weighted by Crippen LogP contribution is -2.29. The molecular formula is C54H35BO5. The van der Waals surface area contributed by atoms with Gasteiger partial charge in [-0.1, -0.05) is 146 Å². The van der Waals surface area contributed by atoms with Crippen molar-refractivity contribution >= 4 is 78.4 Å². The van der Waals surface area contributed by atoms with Crippen molar-refractivity contribution in [3.63, 3.8) is 0 Å². The second-order valence-electron chi connectivity index (χ2n) is 15.1. The van der Waals surface area contributed by atoms with Gasteiger partial charge >= 0.3 is 7.12 Å². The molecule has 0 aliphatic rings. The highest BCUT2D eigenvalue weighted by Gasteiger charge is 2.17. The molecule has 5 nitrogen and oxygen atoms in total. The van der Waals surface area contributed by atoms with Crippen LogP contribution < -0.4 is 5.46 Å². The molecule has 0 aliphatic heterocycles. The minimum atomic E-state index is -1.45. The average molecular weight is 775 g/mol. The standard InChI is InChI=1S/C42H26O2.C12H9BO3/c1-2-9-27(10-3-1)30-11-8-12-31(23-30)28-17-19-29(20-18-28)36-25-33(26-38-35-14-5-7-16-40(35)44-42(36)38)32-21-22-41-37(24-32)34-13-4-6-15-39(34)43-41;14-13(15)8-5-6-12-10(7-8)9-3-1-2-4-11(9)16-12/h1-26H;1-7,14-15H. The molecule has 0 aliphatic carbocycles. The predicted molar refractivity (Wildman–Crippen MR) is 246 cm³/mol. The molecule has 0 atom stereocenters. The Bertz CT molecular complexity index is 3520. The molecule has 12 aromatic rings. The predicted octanol–water partition coefficient (Wildman–Crippen LogP) is 13.4. The van der Waals surface area contributed by atoms with Crippen LogP contribution in [0.2, 0.25) is 0 Å². The van der Waals surface area contributed by atoms with Crippen molar-refractivity contribution in [2.75, 3.05) is 0 Å². The molecule has 0 bridgehead atoms. The van der Waals surface area contributed by atoms with E-state index in [1.54, 1.807) is 18.2 Å². The Morgan fingerprint density at radius 3 is 1.38 bits per heavy atom. The molecular weight excluding hydrogens is 739 g/mol. The van der Waals surface area contributed by atoms with Gasteiger partial charge in [0.1, 0.15) is 33.5 Å². The van der Waals surface area contributed by atoms with Crippen LogP contribution in [0.3, 0.4) is 0 Å². The van der Waals surface area contributed by atoms with Crippen molar-refractivity contribution in [1.82, 2.24) is 0 Å². The lowest BCUT2D eigenvalue weighted by atomic mass is 9.80. The quantitative estimate of drug-likeness (QED) is 0.170. The van der Waals surface area contributed by atoms with E-state index in [0.717, 1.165) is 88.1 Å². The summed E-state index contributed by atoms with van der Waals surface area (Å²) >= 11 is 0. The van der Waals surface area contributed by atoms with Crippen molar-refractivity contribution in [3.8, 4) is 44.5 Å². The van der Waals surface area contributed by atoms with Gasteiger partial charge in [-0.25, -0.2) is 0 Å². The zero-order chi connectivity index (χ0) is 40.2. The summed E-state index contributed by atoms with van der Waals surface area (Å²) in [6.07, 6.45) is 0. The lowest BCUT2D eigenvalue weighted by Gasteiger charge is -2.10. The van der Waals surface area contributed by atoms with E-state index >= 15 is 0 Å². The van der Waals surface area contributed by atoms with E-state index in [-0.39, 0.29) is 0 Å². The third-order valence-electron chi connectivity index (χ3n) is 11.4. The molecule has 3 aromatic heterocycles. The van der Waals surface area contributed by atoms with E-state index in [1.165, 1.54) is 22.3 Å². The average Bonchev–Trinajstić information content (AvgIpc) is 4.00. The molecule has 0 fully saturated rings. The van der Waals surface area contributed by atoms with Gasteiger partial charge in [-0.2, -0.15) is 0 Å². The second-order valence-corrected chi connectivity index (χ2v) is 15.1. The smallest absolute Gasteiger partial charge is 0.456 e. The van der Waals surface area contributed by atoms with E-state index < -0.39 is 7.12 Å². The largest absolute Gasteiger partial charge is 0.488 e. The van der Waals surface area contributed by atoms with Crippen LogP contribution >= 0.6 is 0 Å². The van der Waals surface area contributed by atoms with E-state index in [4.69, 9.17) is 23.3 Å². The number of para-hydroxylation sites is 3. The monoisotopic (exact) mass is 774 g/mol. The fourth-order valence-corrected chi connectivity index (χ4v) is 8.37. The molecule has 12 rings (SSSR count). The van der Waals surface area contributed by atoms with Crippen LogP contribution in [0.25, 0.3) is 110 Å². The normalized spacial score (nSPS) is 11.5. The number of hydrogen-bond donors (Lipinski definition) is 2. The van der Waals surface area contributed by atoms with Crippen molar-refractivity contribution in [3.05, 3.63) is 200 Å². The van der Waals surface area contributed by atoms with Gasteiger partial charge in [-0.15, -0.1) is 0 Å². The van der Waals surface area contributed by atoms with Crippen LogP contribution in [0, 0.1) is 0 Å². The van der Waals surface area contributed by atoms with Crippen LogP contribution in [0.5, 0.6) is 0 Å². The van der Waals surface area contributed by atoms with Crippen molar-refractivity contribution < 1.29 is 23.3 Å². The highest BCUT2D eigenvalue weighted by atomic mass is 16.4. The van der Waals surface area contributed by atoms with E-state index in [0.29, 0.717) is 5.46 Å². The first-order valence-corrected chi connectivity index (χ1v) is 19.9. The first kappa shape index (κ1) is 35.5. The molecule has 0 amide bonds. The zero-order valence-electron chi connectivity index (χ0n) is 32.2. The molecule has 60 heavy (non-hydrogen) atoms. The minimum absolute atomic E-state index is 0.471. The summed E-state index contributed by atoms with van der Waals surface area (Å²) in [4.78, 5) is 0. The van der Waals surface area contributed by atoms with E-state index in [1.807, 2.05) is 48.5 Å². The maximum absolute atomic E-state index is 9.12. The zero-order valence-corrected chi connectivity index (χ0v) is 32.2. The van der Waals surface area contributed by atoms with Crippen molar-refractivity contribution in [2.45, 2.75) is 0 Å². The Morgan fingerprint density at radius 1 is 0.283 bits per heavy atom. The molecule has 0 radical (unpaired) electrons. The first-order valence-electron chi connectivity index (χ1n) is 19.9. The maximum Gasteiger partial charge on any atom is 0.488 e. The maximum atomic E-state index is 9.12. The molecule has 0 unspecified atom stereocenters. The fourth-order valence-electron chi connectivity index (χ4n) is 8.37. The van der Waals surface area contributed by atoms with Gasteiger partial charge in [0.25, 0.3) is 0 Å². The number of rotatable bonds is 5. The number of benzene rings is 9. The Balaban J connectivity index is 0.000000213. The highest BCUT2D eigenvalue weighted by Crippen LogP contribution is 2.41. The van der Waals surface area contributed by atoms with Crippen molar-refractivity contribution in [1.29, 1.82) is 0 Å². The molecule has 0 saturated carbocycles. The van der Waals surface area contributed by atoms with Gasteiger partial charge in [-0.05, 0) is 99.0 Å². The van der Waals surface area contributed by atoms with Gasteiger partial charge in [0.15, 0.2) is 0 Å². The summed E-state index contributed by atoms with van der Waals surface area (Å²) in [6.45, 7) is 0. The third-order valence-corrected chi connectivity index (χ3v) is 11.4. The van der Waals surface area contributed by atoms with Crippen LogP contribution in [-0.4, -0.2) is 17.2 Å². The minimum Gasteiger partial charge on any atom is -0.456 e. The fraction of sp³-hybridized carbons (Fsp3) is 0. The van der Waals surface area contributed by atoms with Crippen LogP contribution in [0.15, 0.2) is 213 Å². The Kier molecular flexibility index (Phi) is 8.66. The molecule has 9 aromatic carbocycles. The van der Waals surface area contributed by atoms with Crippen molar-refractivity contribution in [2.24, 2.45) is 0 Å². The Hall–Kier alpha value is -7.64. The molecule has 3 heterocycles. The Labute approximate surface area is 345 Å². The summed E-state index contributed by atoms with van der Waals surface area (Å²) in [5, 5.41) is 24.6. The van der Waals surface area contributed by atoms with Gasteiger partial charge < -0.3 is 23.3 Å². The van der Waals surface area contributed by atoms with E-state index in [9.17, 15) is 0 Å². The van der Waals surface area contributed by atoms with Gasteiger partial charge in [0.2, 0.25) is 0 Å². The number of hydrogen-bond acceptors (Lipinski definition) is 5. The van der Waals surface area contributed by atoms with Gasteiger partial charge in [0, 0.05) is 37.9 Å². The van der Waals surface area contributed by atoms with Gasteiger partial charge in [0.05, 0.1) is 0 Å². The van der Waals surface area contributed by atoms with Crippen LogP contribution in [0.1, 0.15) is 0 Å². The topological polar surface area (TPSA) is 79.9 Å². The second kappa shape index (κ2) is 14.6. The Morgan fingerprint density at radius 2 is 0.733 bits per heavy atom. The summed E-state index contributed by atoms with van der Waals surface area (Å²) < 4.78 is 18.2. The van der Waals surface area contributed by atoms with Crippen LogP contribution in [0.4, 0.5) is 0 Å². The first-order chi connectivity index (χ1) is 29.5. The van der Waals surface area contributed by atoms with Gasteiger partial charge in [-0.3, -0.25) is 0 Å². The summed E-state index contributed by atoms with van der Waals surface area (Å²) in [5.74, 6) is 0. The molecule has 2 N–H and O–H groups in total. The molecule has 284 valence electrons. The van der Waals surface area contributed by atoms with E-state index in [2.05, 4.69) is 133 Å². The molecule has 6 heteroatoms. The molecule has 0 saturated heterocycles. The molecule has 0 spiro atoms. The van der Waals surface area contributed by atoms with Crippen LogP contribution in [-0.2, 0) is 0 Å².